The Labute approximate surface area is 244 Å². The second-order valence-electron chi connectivity index (χ2n) is 13.0. The standard InChI is InChI=1S/C30H49N5O6/c1-18(20-14-12-11-13-15-20)31-27(40)24(38)19(2)32-26(39)21(16-23(37)35(9)10)33-28(41)25(30(6,7)8)34-22(36)17-29(3,4)5/h11-15,18-19,21,24-25,38H,16-17H2,1-10H3,(H,31,40)(H,32,39)(H,33,41)(H,34,36)/t18-,19?,21+,24?,25-/m1/s1. The van der Waals surface area contributed by atoms with Gasteiger partial charge >= 0.3 is 0 Å². The third-order valence-electron chi connectivity index (χ3n) is 6.41. The van der Waals surface area contributed by atoms with E-state index in [0.29, 0.717) is 0 Å². The molecular weight excluding hydrogens is 526 g/mol. The van der Waals surface area contributed by atoms with Gasteiger partial charge in [-0.3, -0.25) is 24.0 Å². The number of amides is 5. The zero-order valence-corrected chi connectivity index (χ0v) is 26.1. The predicted molar refractivity (Wildman–Crippen MR) is 157 cm³/mol. The van der Waals surface area contributed by atoms with E-state index in [1.165, 1.54) is 25.9 Å². The van der Waals surface area contributed by atoms with Gasteiger partial charge in [0, 0.05) is 20.5 Å². The van der Waals surface area contributed by atoms with Crippen molar-refractivity contribution >= 4 is 29.5 Å². The van der Waals surface area contributed by atoms with Gasteiger partial charge in [0.05, 0.1) is 18.5 Å². The number of aliphatic hydroxyl groups is 1. The smallest absolute Gasteiger partial charge is 0.251 e. The third-order valence-corrected chi connectivity index (χ3v) is 6.41. The molecule has 1 rings (SSSR count). The molecule has 0 aliphatic carbocycles. The maximum Gasteiger partial charge on any atom is 0.251 e. The first-order chi connectivity index (χ1) is 18.7. The van der Waals surface area contributed by atoms with E-state index in [9.17, 15) is 29.1 Å². The van der Waals surface area contributed by atoms with Gasteiger partial charge < -0.3 is 31.3 Å². The minimum atomic E-state index is -1.59. The Kier molecular flexibility index (Phi) is 13.0. The van der Waals surface area contributed by atoms with Crippen molar-refractivity contribution in [1.29, 1.82) is 0 Å². The maximum atomic E-state index is 13.4. The Morgan fingerprint density at radius 3 is 1.85 bits per heavy atom. The van der Waals surface area contributed by atoms with E-state index in [2.05, 4.69) is 21.3 Å². The highest BCUT2D eigenvalue weighted by molar-refractivity contribution is 5.95. The molecule has 0 saturated carbocycles. The third kappa shape index (κ3) is 12.3. The topological polar surface area (TPSA) is 157 Å². The van der Waals surface area contributed by atoms with E-state index >= 15 is 0 Å². The molecule has 11 heteroatoms. The summed E-state index contributed by atoms with van der Waals surface area (Å²) in [7, 11) is 3.04. The molecule has 230 valence electrons. The van der Waals surface area contributed by atoms with Crippen LogP contribution in [0.4, 0.5) is 0 Å². The van der Waals surface area contributed by atoms with Gasteiger partial charge in [-0.05, 0) is 30.2 Å². The molecule has 5 N–H and O–H groups in total. The average molecular weight is 576 g/mol. The van der Waals surface area contributed by atoms with E-state index in [0.717, 1.165) is 5.56 Å². The van der Waals surface area contributed by atoms with Crippen LogP contribution in [0.5, 0.6) is 0 Å². The van der Waals surface area contributed by atoms with E-state index in [1.54, 1.807) is 27.7 Å². The maximum absolute atomic E-state index is 13.4. The molecular formula is C30H49N5O6. The van der Waals surface area contributed by atoms with Gasteiger partial charge in [-0.1, -0.05) is 71.9 Å². The van der Waals surface area contributed by atoms with Crippen LogP contribution >= 0.6 is 0 Å². The van der Waals surface area contributed by atoms with Crippen molar-refractivity contribution in [2.45, 2.75) is 98.5 Å². The largest absolute Gasteiger partial charge is 0.381 e. The summed E-state index contributed by atoms with van der Waals surface area (Å²) in [6, 6.07) is 5.48. The summed E-state index contributed by atoms with van der Waals surface area (Å²) < 4.78 is 0. The van der Waals surface area contributed by atoms with Crippen molar-refractivity contribution in [3.63, 3.8) is 0 Å². The number of rotatable bonds is 12. The number of hydrogen-bond acceptors (Lipinski definition) is 6. The minimum absolute atomic E-state index is 0.191. The quantitative estimate of drug-likeness (QED) is 0.255. The monoisotopic (exact) mass is 575 g/mol. The number of nitrogens with zero attached hydrogens (tertiary/aromatic N) is 1. The molecule has 1 aromatic carbocycles. The lowest BCUT2D eigenvalue weighted by molar-refractivity contribution is -0.138. The molecule has 5 amide bonds. The van der Waals surface area contributed by atoms with Crippen LogP contribution in [0.1, 0.15) is 79.8 Å². The van der Waals surface area contributed by atoms with Gasteiger partial charge in [0.1, 0.15) is 12.1 Å². The predicted octanol–water partition coefficient (Wildman–Crippen LogP) is 1.66. The molecule has 2 unspecified atom stereocenters. The molecule has 0 aliphatic heterocycles. The average Bonchev–Trinajstić information content (AvgIpc) is 2.84. The zero-order valence-electron chi connectivity index (χ0n) is 26.1. The van der Waals surface area contributed by atoms with Crippen molar-refractivity contribution in [3.8, 4) is 0 Å². The highest BCUT2D eigenvalue weighted by Gasteiger charge is 2.37. The van der Waals surface area contributed by atoms with Crippen molar-refractivity contribution in [2.75, 3.05) is 14.1 Å². The van der Waals surface area contributed by atoms with Crippen LogP contribution in [-0.2, 0) is 24.0 Å². The second kappa shape index (κ2) is 15.0. The number of nitrogens with one attached hydrogen (secondary N) is 4. The highest BCUT2D eigenvalue weighted by Crippen LogP contribution is 2.22. The minimum Gasteiger partial charge on any atom is -0.381 e. The number of carbonyl (C=O) groups is 5. The number of aliphatic hydroxyl groups excluding tert-OH is 1. The van der Waals surface area contributed by atoms with Gasteiger partial charge in [-0.15, -0.1) is 0 Å². The van der Waals surface area contributed by atoms with E-state index < -0.39 is 53.3 Å². The number of benzene rings is 1. The molecule has 0 fully saturated rings. The van der Waals surface area contributed by atoms with Crippen LogP contribution < -0.4 is 21.3 Å². The van der Waals surface area contributed by atoms with Crippen molar-refractivity contribution in [3.05, 3.63) is 35.9 Å². The molecule has 0 saturated heterocycles. The van der Waals surface area contributed by atoms with Crippen LogP contribution in [0.25, 0.3) is 0 Å². The van der Waals surface area contributed by atoms with Gasteiger partial charge in [-0.25, -0.2) is 0 Å². The summed E-state index contributed by atoms with van der Waals surface area (Å²) in [4.78, 5) is 65.8. The fourth-order valence-electron chi connectivity index (χ4n) is 3.95. The molecule has 0 radical (unpaired) electrons. The van der Waals surface area contributed by atoms with Gasteiger partial charge in [0.2, 0.25) is 23.6 Å². The number of hydrogen-bond donors (Lipinski definition) is 5. The zero-order chi connectivity index (χ0) is 31.7. The van der Waals surface area contributed by atoms with Crippen molar-refractivity contribution < 1.29 is 29.1 Å². The second-order valence-corrected chi connectivity index (χ2v) is 13.0. The SMILES string of the molecule is CC(NC(=O)[C@H](CC(=O)N(C)C)NC(=O)[C@@H](NC(=O)CC(C)(C)C)C(C)(C)C)C(O)C(=O)N[C@H](C)c1ccccc1. The number of carbonyl (C=O) groups excluding carboxylic acids is 5. The molecule has 0 heterocycles. The normalized spacial score (nSPS) is 15.4. The molecule has 41 heavy (non-hydrogen) atoms. The summed E-state index contributed by atoms with van der Waals surface area (Å²) in [5.41, 5.74) is -0.162. The highest BCUT2D eigenvalue weighted by atomic mass is 16.3. The van der Waals surface area contributed by atoms with Crippen LogP contribution in [-0.4, -0.2) is 77.9 Å². The van der Waals surface area contributed by atoms with Gasteiger partial charge in [0.25, 0.3) is 5.91 Å². The lowest BCUT2D eigenvalue weighted by atomic mass is 9.85. The van der Waals surface area contributed by atoms with E-state index in [1.807, 2.05) is 51.1 Å². The Hall–Kier alpha value is -3.47. The molecule has 1 aromatic rings. The Bertz CT molecular complexity index is 1060. The first-order valence-electron chi connectivity index (χ1n) is 13.9. The Morgan fingerprint density at radius 2 is 1.37 bits per heavy atom. The molecule has 0 spiro atoms. The van der Waals surface area contributed by atoms with Gasteiger partial charge in [0.15, 0.2) is 6.10 Å². The van der Waals surface area contributed by atoms with Crippen molar-refractivity contribution in [1.82, 2.24) is 26.2 Å². The lowest BCUT2D eigenvalue weighted by Gasteiger charge is -2.33. The molecule has 11 nitrogen and oxygen atoms in total. The van der Waals surface area contributed by atoms with Crippen molar-refractivity contribution in [2.24, 2.45) is 10.8 Å². The molecule has 5 atom stereocenters. The summed E-state index contributed by atoms with van der Waals surface area (Å²) in [6.07, 6.45) is -1.77. The summed E-state index contributed by atoms with van der Waals surface area (Å²) in [5.74, 6) is -2.80. The first-order valence-corrected chi connectivity index (χ1v) is 13.9. The van der Waals surface area contributed by atoms with E-state index in [-0.39, 0.29) is 30.2 Å². The summed E-state index contributed by atoms with van der Waals surface area (Å²) in [6.45, 7) is 14.3. The first kappa shape index (κ1) is 35.6. The van der Waals surface area contributed by atoms with E-state index in [4.69, 9.17) is 0 Å². The van der Waals surface area contributed by atoms with Crippen LogP contribution in [0.3, 0.4) is 0 Å². The van der Waals surface area contributed by atoms with Gasteiger partial charge in [-0.2, -0.15) is 0 Å². The fourth-order valence-corrected chi connectivity index (χ4v) is 3.95. The molecule has 0 aliphatic rings. The fraction of sp³-hybridized carbons (Fsp3) is 0.633. The van der Waals surface area contributed by atoms with Crippen LogP contribution in [0.2, 0.25) is 0 Å². The Balaban J connectivity index is 3.04. The Morgan fingerprint density at radius 1 is 0.805 bits per heavy atom. The summed E-state index contributed by atoms with van der Waals surface area (Å²) >= 11 is 0. The van der Waals surface area contributed by atoms with Crippen LogP contribution in [0.15, 0.2) is 30.3 Å². The summed E-state index contributed by atoms with van der Waals surface area (Å²) in [5, 5.41) is 21.3. The lowest BCUT2D eigenvalue weighted by Crippen LogP contribution is -2.60. The van der Waals surface area contributed by atoms with Crippen LogP contribution in [0, 0.1) is 10.8 Å². The molecule has 0 aromatic heterocycles. The molecule has 0 bridgehead atoms.